The summed E-state index contributed by atoms with van der Waals surface area (Å²) in [7, 11) is 0. The maximum atomic E-state index is 13.9. The number of carbonyl (C=O) groups excluding carboxylic acids is 1. The fourth-order valence-corrected chi connectivity index (χ4v) is 3.62. The van der Waals surface area contributed by atoms with Gasteiger partial charge in [-0.25, -0.2) is 14.2 Å². The quantitative estimate of drug-likeness (QED) is 0.225. The maximum absolute atomic E-state index is 13.9. The summed E-state index contributed by atoms with van der Waals surface area (Å²) in [5, 5.41) is 3.98. The van der Waals surface area contributed by atoms with Crippen LogP contribution in [0.25, 0.3) is 0 Å². The number of hydrogen-bond acceptors (Lipinski definition) is 4. The lowest BCUT2D eigenvalue weighted by Crippen LogP contribution is -2.19. The molecule has 0 aliphatic rings. The van der Waals surface area contributed by atoms with Crippen LogP contribution in [0.4, 0.5) is 8.78 Å². The normalized spacial score (nSPS) is 10.9. The van der Waals surface area contributed by atoms with Crippen LogP contribution in [-0.4, -0.2) is 18.7 Å². The number of halogens is 3. The van der Waals surface area contributed by atoms with Crippen molar-refractivity contribution in [3.8, 4) is 11.5 Å². The van der Waals surface area contributed by atoms with E-state index in [1.807, 2.05) is 13.0 Å². The van der Waals surface area contributed by atoms with E-state index in [1.165, 1.54) is 24.4 Å². The third kappa shape index (κ3) is 6.74. The van der Waals surface area contributed by atoms with Gasteiger partial charge in [-0.1, -0.05) is 30.3 Å². The van der Waals surface area contributed by atoms with Gasteiger partial charge in [-0.2, -0.15) is 5.10 Å². The number of amides is 1. The molecule has 0 fully saturated rings. The predicted molar refractivity (Wildman–Crippen MR) is 127 cm³/mol. The molecule has 1 N–H and O–H groups in total. The van der Waals surface area contributed by atoms with Gasteiger partial charge in [0.2, 0.25) is 5.91 Å². The largest absolute Gasteiger partial charge is 0.490 e. The van der Waals surface area contributed by atoms with Crippen molar-refractivity contribution in [1.82, 2.24) is 5.43 Å². The zero-order valence-corrected chi connectivity index (χ0v) is 19.4. The van der Waals surface area contributed by atoms with Gasteiger partial charge in [0.25, 0.3) is 0 Å². The molecule has 0 bridgehead atoms. The second kappa shape index (κ2) is 11.6. The number of rotatable bonds is 9. The molecule has 3 aromatic carbocycles. The van der Waals surface area contributed by atoms with Crippen LogP contribution < -0.4 is 14.9 Å². The second-order valence-electron chi connectivity index (χ2n) is 6.74. The SMILES string of the molecule is CCOc1cc(/C=N/NC(=O)Cc2ccc(F)cc2)cc(I)c1OCc1ccccc1F. The van der Waals surface area contributed by atoms with Crippen molar-refractivity contribution in [2.75, 3.05) is 6.61 Å². The predicted octanol–water partition coefficient (Wildman–Crippen LogP) is 5.24. The lowest BCUT2D eigenvalue weighted by Gasteiger charge is -2.15. The standard InChI is InChI=1S/C24H21F2IN2O3/c1-2-31-22-12-17(14-28-29-23(30)13-16-7-9-19(25)10-8-16)11-21(27)24(22)32-15-18-5-3-4-6-20(18)26/h3-12,14H,2,13,15H2,1H3,(H,29,30)/b28-14+. The first-order valence-corrected chi connectivity index (χ1v) is 10.9. The average molecular weight is 550 g/mol. The van der Waals surface area contributed by atoms with E-state index in [2.05, 4.69) is 33.1 Å². The molecule has 0 radical (unpaired) electrons. The Morgan fingerprint density at radius 3 is 2.56 bits per heavy atom. The number of hydrazone groups is 1. The molecule has 0 aliphatic carbocycles. The summed E-state index contributed by atoms with van der Waals surface area (Å²) in [4.78, 5) is 12.0. The van der Waals surface area contributed by atoms with Gasteiger partial charge in [0.15, 0.2) is 11.5 Å². The van der Waals surface area contributed by atoms with E-state index in [1.54, 1.807) is 36.4 Å². The minimum absolute atomic E-state index is 0.0651. The Labute approximate surface area is 198 Å². The number of ether oxygens (including phenoxy) is 2. The highest BCUT2D eigenvalue weighted by atomic mass is 127. The van der Waals surface area contributed by atoms with Gasteiger partial charge in [0, 0.05) is 5.56 Å². The molecule has 8 heteroatoms. The van der Waals surface area contributed by atoms with Gasteiger partial charge < -0.3 is 9.47 Å². The number of benzene rings is 3. The molecule has 0 heterocycles. The van der Waals surface area contributed by atoms with E-state index < -0.39 is 0 Å². The molecule has 0 aliphatic heterocycles. The van der Waals surface area contributed by atoms with E-state index >= 15 is 0 Å². The molecule has 3 rings (SSSR count). The summed E-state index contributed by atoms with van der Waals surface area (Å²) >= 11 is 2.11. The lowest BCUT2D eigenvalue weighted by atomic mass is 10.1. The third-order valence-corrected chi connectivity index (χ3v) is 5.14. The van der Waals surface area contributed by atoms with Crippen LogP contribution in [0.2, 0.25) is 0 Å². The van der Waals surface area contributed by atoms with E-state index in [0.29, 0.717) is 34.8 Å². The first kappa shape index (κ1) is 23.6. The van der Waals surface area contributed by atoms with Crippen molar-refractivity contribution in [2.24, 2.45) is 5.10 Å². The number of nitrogens with zero attached hydrogens (tertiary/aromatic N) is 1. The Kier molecular flexibility index (Phi) is 8.55. The minimum Gasteiger partial charge on any atom is -0.490 e. The van der Waals surface area contributed by atoms with Crippen LogP contribution in [0, 0.1) is 15.2 Å². The Morgan fingerprint density at radius 2 is 1.84 bits per heavy atom. The molecule has 5 nitrogen and oxygen atoms in total. The van der Waals surface area contributed by atoms with Gasteiger partial charge in [-0.15, -0.1) is 0 Å². The summed E-state index contributed by atoms with van der Waals surface area (Å²) in [6.07, 6.45) is 1.58. The van der Waals surface area contributed by atoms with Gasteiger partial charge in [0.1, 0.15) is 18.2 Å². The van der Waals surface area contributed by atoms with Gasteiger partial charge in [0.05, 0.1) is 22.8 Å². The van der Waals surface area contributed by atoms with Crippen LogP contribution in [0.15, 0.2) is 65.8 Å². The molecular formula is C24H21F2IN2O3. The van der Waals surface area contributed by atoms with Crippen LogP contribution in [0.5, 0.6) is 11.5 Å². The van der Waals surface area contributed by atoms with Crippen LogP contribution in [0.1, 0.15) is 23.6 Å². The van der Waals surface area contributed by atoms with Crippen molar-refractivity contribution in [1.29, 1.82) is 0 Å². The monoisotopic (exact) mass is 550 g/mol. The average Bonchev–Trinajstić information content (AvgIpc) is 2.76. The first-order valence-electron chi connectivity index (χ1n) is 9.85. The molecule has 0 aromatic heterocycles. The topological polar surface area (TPSA) is 59.9 Å². The van der Waals surface area contributed by atoms with Crippen molar-refractivity contribution in [3.05, 3.63) is 92.6 Å². The van der Waals surface area contributed by atoms with Crippen LogP contribution in [0.3, 0.4) is 0 Å². The second-order valence-corrected chi connectivity index (χ2v) is 7.90. The zero-order chi connectivity index (χ0) is 22.9. The molecule has 3 aromatic rings. The van der Waals surface area contributed by atoms with E-state index in [4.69, 9.17) is 9.47 Å². The highest BCUT2D eigenvalue weighted by Gasteiger charge is 2.13. The minimum atomic E-state index is -0.354. The smallest absolute Gasteiger partial charge is 0.244 e. The molecule has 32 heavy (non-hydrogen) atoms. The maximum Gasteiger partial charge on any atom is 0.244 e. The highest BCUT2D eigenvalue weighted by Crippen LogP contribution is 2.34. The van der Waals surface area contributed by atoms with Gasteiger partial charge >= 0.3 is 0 Å². The molecule has 0 saturated carbocycles. The number of hydrogen-bond donors (Lipinski definition) is 1. The van der Waals surface area contributed by atoms with Crippen LogP contribution >= 0.6 is 22.6 Å². The van der Waals surface area contributed by atoms with E-state index in [-0.39, 0.29) is 30.6 Å². The molecule has 1 amide bonds. The number of carbonyl (C=O) groups is 1. The Hall–Kier alpha value is -3.01. The van der Waals surface area contributed by atoms with E-state index in [9.17, 15) is 13.6 Å². The highest BCUT2D eigenvalue weighted by molar-refractivity contribution is 14.1. The summed E-state index contributed by atoms with van der Waals surface area (Å²) < 4.78 is 39.1. The number of nitrogens with one attached hydrogen (secondary N) is 1. The fraction of sp³-hybridized carbons (Fsp3) is 0.167. The van der Waals surface area contributed by atoms with Crippen LogP contribution in [-0.2, 0) is 17.8 Å². The van der Waals surface area contributed by atoms with Gasteiger partial charge in [-0.05, 0) is 71.0 Å². The zero-order valence-electron chi connectivity index (χ0n) is 17.3. The fourth-order valence-electron chi connectivity index (χ4n) is 2.84. The summed E-state index contributed by atoms with van der Waals surface area (Å²) in [5.74, 6) is -0.00531. The van der Waals surface area contributed by atoms with E-state index in [0.717, 1.165) is 3.57 Å². The Balaban J connectivity index is 1.67. The molecular weight excluding hydrogens is 529 g/mol. The molecule has 0 unspecified atom stereocenters. The molecule has 166 valence electrons. The molecule has 0 spiro atoms. The molecule has 0 atom stereocenters. The lowest BCUT2D eigenvalue weighted by molar-refractivity contribution is -0.120. The Bertz CT molecular complexity index is 1100. The van der Waals surface area contributed by atoms with Gasteiger partial charge in [-0.3, -0.25) is 4.79 Å². The molecule has 0 saturated heterocycles. The van der Waals surface area contributed by atoms with Crippen molar-refractivity contribution >= 4 is 34.7 Å². The van der Waals surface area contributed by atoms with Crippen molar-refractivity contribution in [2.45, 2.75) is 20.0 Å². The third-order valence-electron chi connectivity index (χ3n) is 4.34. The summed E-state index contributed by atoms with van der Waals surface area (Å²) in [6, 6.07) is 15.7. The van der Waals surface area contributed by atoms with Crippen molar-refractivity contribution < 1.29 is 23.0 Å². The van der Waals surface area contributed by atoms with Crippen molar-refractivity contribution in [3.63, 3.8) is 0 Å². The summed E-state index contributed by atoms with van der Waals surface area (Å²) in [6.45, 7) is 2.33. The first-order chi connectivity index (χ1) is 15.5. The Morgan fingerprint density at radius 1 is 1.09 bits per heavy atom. The summed E-state index contributed by atoms with van der Waals surface area (Å²) in [5.41, 5.74) is 4.27.